The number of aromatic nitrogens is 1. The van der Waals surface area contributed by atoms with Crippen molar-refractivity contribution in [1.82, 2.24) is 4.98 Å². The summed E-state index contributed by atoms with van der Waals surface area (Å²) in [5.41, 5.74) is 0.684. The zero-order valence-corrected chi connectivity index (χ0v) is 8.36. The first-order chi connectivity index (χ1) is 6.61. The molecule has 0 saturated heterocycles. The van der Waals surface area contributed by atoms with Crippen molar-refractivity contribution in [2.24, 2.45) is 0 Å². The molecule has 5 heteroatoms. The van der Waals surface area contributed by atoms with E-state index in [0.29, 0.717) is 20.9 Å². The second-order valence-corrected chi connectivity index (χ2v) is 3.60. The van der Waals surface area contributed by atoms with Crippen LogP contribution in [0.4, 0.5) is 0 Å². The Labute approximate surface area is 89.2 Å². The number of hydrogen-bond donors (Lipinski definition) is 2. The van der Waals surface area contributed by atoms with Gasteiger partial charge in [0.25, 0.3) is 0 Å². The SMILES string of the molecule is O=C(O)c1c[nH]c2c(Cl)ccc(Cl)c12. The number of carboxylic acid groups (broad SMARTS) is 1. The van der Waals surface area contributed by atoms with Crippen molar-refractivity contribution in [2.45, 2.75) is 0 Å². The van der Waals surface area contributed by atoms with Crippen molar-refractivity contribution >= 4 is 40.1 Å². The lowest BCUT2D eigenvalue weighted by Gasteiger charge is -1.97. The summed E-state index contributed by atoms with van der Waals surface area (Å²) in [6.07, 6.45) is 1.38. The lowest BCUT2D eigenvalue weighted by Crippen LogP contribution is -1.93. The summed E-state index contributed by atoms with van der Waals surface area (Å²) < 4.78 is 0. The minimum atomic E-state index is -1.03. The van der Waals surface area contributed by atoms with E-state index in [1.165, 1.54) is 6.20 Å². The van der Waals surface area contributed by atoms with E-state index in [1.54, 1.807) is 12.1 Å². The zero-order chi connectivity index (χ0) is 10.3. The zero-order valence-electron chi connectivity index (χ0n) is 6.84. The van der Waals surface area contributed by atoms with E-state index in [2.05, 4.69) is 4.98 Å². The van der Waals surface area contributed by atoms with Crippen LogP contribution in [0, 0.1) is 0 Å². The molecule has 0 aliphatic rings. The van der Waals surface area contributed by atoms with E-state index < -0.39 is 5.97 Å². The number of nitrogens with one attached hydrogen (secondary N) is 1. The van der Waals surface area contributed by atoms with Crippen LogP contribution in [-0.4, -0.2) is 16.1 Å². The number of aromatic amines is 1. The second kappa shape index (κ2) is 3.19. The van der Waals surface area contributed by atoms with Crippen molar-refractivity contribution in [3.05, 3.63) is 33.9 Å². The molecular weight excluding hydrogens is 225 g/mol. The van der Waals surface area contributed by atoms with E-state index in [0.717, 1.165) is 0 Å². The Morgan fingerprint density at radius 1 is 1.29 bits per heavy atom. The van der Waals surface area contributed by atoms with E-state index in [9.17, 15) is 4.79 Å². The molecule has 2 rings (SSSR count). The van der Waals surface area contributed by atoms with Crippen LogP contribution in [0.15, 0.2) is 18.3 Å². The van der Waals surface area contributed by atoms with Gasteiger partial charge in [0.15, 0.2) is 0 Å². The van der Waals surface area contributed by atoms with Crippen molar-refractivity contribution in [2.75, 3.05) is 0 Å². The molecule has 1 aromatic carbocycles. The predicted molar refractivity (Wildman–Crippen MR) is 55.3 cm³/mol. The number of hydrogen-bond acceptors (Lipinski definition) is 1. The number of fused-ring (bicyclic) bond motifs is 1. The van der Waals surface area contributed by atoms with Gasteiger partial charge in [-0.15, -0.1) is 0 Å². The quantitative estimate of drug-likeness (QED) is 0.790. The maximum absolute atomic E-state index is 10.8. The molecule has 0 unspecified atom stereocenters. The Kier molecular flexibility index (Phi) is 2.13. The van der Waals surface area contributed by atoms with Gasteiger partial charge in [0.05, 0.1) is 21.1 Å². The third-order valence-electron chi connectivity index (χ3n) is 1.96. The lowest BCUT2D eigenvalue weighted by atomic mass is 10.2. The van der Waals surface area contributed by atoms with Gasteiger partial charge in [0, 0.05) is 11.6 Å². The summed E-state index contributed by atoms with van der Waals surface area (Å²) in [5.74, 6) is -1.03. The van der Waals surface area contributed by atoms with E-state index in [1.807, 2.05) is 0 Å². The number of carboxylic acids is 1. The summed E-state index contributed by atoms with van der Waals surface area (Å²) in [4.78, 5) is 13.6. The van der Waals surface area contributed by atoms with Gasteiger partial charge < -0.3 is 10.1 Å². The van der Waals surface area contributed by atoms with Gasteiger partial charge in [-0.25, -0.2) is 4.79 Å². The first kappa shape index (κ1) is 9.37. The molecule has 3 nitrogen and oxygen atoms in total. The van der Waals surface area contributed by atoms with Crippen molar-refractivity contribution in [3.63, 3.8) is 0 Å². The lowest BCUT2D eigenvalue weighted by molar-refractivity contribution is 0.0699. The third kappa shape index (κ3) is 1.25. The normalized spacial score (nSPS) is 10.7. The maximum Gasteiger partial charge on any atom is 0.337 e. The number of halogens is 2. The standard InChI is InChI=1S/C9H5Cl2NO2/c10-5-1-2-6(11)8-7(5)4(3-12-8)9(13)14/h1-3,12H,(H,13,14). The van der Waals surface area contributed by atoms with Gasteiger partial charge in [-0.1, -0.05) is 23.2 Å². The van der Waals surface area contributed by atoms with Crippen LogP contribution in [0.2, 0.25) is 10.0 Å². The number of aromatic carboxylic acids is 1. The average Bonchev–Trinajstić information content (AvgIpc) is 2.56. The van der Waals surface area contributed by atoms with Gasteiger partial charge in [-0.05, 0) is 12.1 Å². The fourth-order valence-electron chi connectivity index (χ4n) is 1.34. The van der Waals surface area contributed by atoms with Crippen molar-refractivity contribution < 1.29 is 9.90 Å². The largest absolute Gasteiger partial charge is 0.478 e. The van der Waals surface area contributed by atoms with E-state index in [-0.39, 0.29) is 5.56 Å². The first-order valence-corrected chi connectivity index (χ1v) is 4.55. The molecule has 0 bridgehead atoms. The first-order valence-electron chi connectivity index (χ1n) is 3.79. The van der Waals surface area contributed by atoms with Crippen LogP contribution < -0.4 is 0 Å². The molecule has 0 aliphatic heterocycles. The highest BCUT2D eigenvalue weighted by atomic mass is 35.5. The Balaban J connectivity index is 2.90. The maximum atomic E-state index is 10.8. The minimum absolute atomic E-state index is 0.132. The summed E-state index contributed by atoms with van der Waals surface area (Å²) in [5, 5.41) is 10.1. The van der Waals surface area contributed by atoms with Crippen LogP contribution in [0.1, 0.15) is 10.4 Å². The molecular formula is C9H5Cl2NO2. The summed E-state index contributed by atoms with van der Waals surface area (Å²) in [6, 6.07) is 3.20. The van der Waals surface area contributed by atoms with Crippen LogP contribution in [0.3, 0.4) is 0 Å². The van der Waals surface area contributed by atoms with Gasteiger partial charge in [0.1, 0.15) is 0 Å². The number of carbonyl (C=O) groups is 1. The smallest absolute Gasteiger partial charge is 0.337 e. The molecule has 0 spiro atoms. The predicted octanol–water partition coefficient (Wildman–Crippen LogP) is 3.17. The van der Waals surface area contributed by atoms with Crippen molar-refractivity contribution in [1.29, 1.82) is 0 Å². The second-order valence-electron chi connectivity index (χ2n) is 2.79. The summed E-state index contributed by atoms with van der Waals surface area (Å²) in [6.45, 7) is 0. The van der Waals surface area contributed by atoms with Crippen LogP contribution in [0.5, 0.6) is 0 Å². The van der Waals surface area contributed by atoms with Gasteiger partial charge in [0.2, 0.25) is 0 Å². The molecule has 0 atom stereocenters. The molecule has 2 aromatic rings. The van der Waals surface area contributed by atoms with E-state index in [4.69, 9.17) is 28.3 Å². The molecule has 72 valence electrons. The highest BCUT2D eigenvalue weighted by Gasteiger charge is 2.14. The van der Waals surface area contributed by atoms with Crippen LogP contribution >= 0.6 is 23.2 Å². The third-order valence-corrected chi connectivity index (χ3v) is 2.59. The highest BCUT2D eigenvalue weighted by molar-refractivity contribution is 6.41. The topological polar surface area (TPSA) is 53.1 Å². The van der Waals surface area contributed by atoms with Crippen LogP contribution in [-0.2, 0) is 0 Å². The van der Waals surface area contributed by atoms with E-state index >= 15 is 0 Å². The minimum Gasteiger partial charge on any atom is -0.478 e. The molecule has 0 radical (unpaired) electrons. The molecule has 0 aliphatic carbocycles. The van der Waals surface area contributed by atoms with Crippen LogP contribution in [0.25, 0.3) is 10.9 Å². The molecule has 14 heavy (non-hydrogen) atoms. The molecule has 1 aromatic heterocycles. The summed E-state index contributed by atoms with van der Waals surface area (Å²) in [7, 11) is 0. The average molecular weight is 230 g/mol. The molecule has 1 heterocycles. The Bertz CT molecular complexity index is 519. The molecule has 0 amide bonds. The van der Waals surface area contributed by atoms with Crippen molar-refractivity contribution in [3.8, 4) is 0 Å². The Morgan fingerprint density at radius 3 is 2.57 bits per heavy atom. The molecule has 2 N–H and O–H groups in total. The Morgan fingerprint density at radius 2 is 1.93 bits per heavy atom. The van der Waals surface area contributed by atoms with Gasteiger partial charge >= 0.3 is 5.97 Å². The highest BCUT2D eigenvalue weighted by Crippen LogP contribution is 2.31. The monoisotopic (exact) mass is 229 g/mol. The number of rotatable bonds is 1. The van der Waals surface area contributed by atoms with Gasteiger partial charge in [-0.2, -0.15) is 0 Å². The summed E-state index contributed by atoms with van der Waals surface area (Å²) >= 11 is 11.7. The molecule has 0 fully saturated rings. The fourth-order valence-corrected chi connectivity index (χ4v) is 1.81. The fraction of sp³-hybridized carbons (Fsp3) is 0. The number of benzene rings is 1. The number of H-pyrrole nitrogens is 1. The van der Waals surface area contributed by atoms with Gasteiger partial charge in [-0.3, -0.25) is 0 Å². The molecule has 0 saturated carbocycles. The Hall–Kier alpha value is -1.19.